The molecule has 3 nitrogen and oxygen atoms in total. The van der Waals surface area contributed by atoms with Crippen LogP contribution < -0.4 is 10.6 Å². The van der Waals surface area contributed by atoms with Crippen molar-refractivity contribution in [2.75, 3.05) is 38.5 Å². The van der Waals surface area contributed by atoms with E-state index >= 15 is 0 Å². The van der Waals surface area contributed by atoms with E-state index in [0.717, 1.165) is 32.6 Å². The van der Waals surface area contributed by atoms with E-state index in [1.165, 1.54) is 23.2 Å². The number of fused-ring (bicyclic) bond motifs is 1. The highest BCUT2D eigenvalue weighted by Crippen LogP contribution is 2.24. The summed E-state index contributed by atoms with van der Waals surface area (Å²) in [6, 6.07) is 7.56. The fourth-order valence-electron chi connectivity index (χ4n) is 2.85. The fraction of sp³-hybridized carbons (Fsp3) is 0.571. The minimum absolute atomic E-state index is 0.649. The molecule has 0 radical (unpaired) electrons. The van der Waals surface area contributed by atoms with Crippen LogP contribution in [0.15, 0.2) is 18.2 Å². The summed E-state index contributed by atoms with van der Waals surface area (Å²) in [6.07, 6.45) is 2.35. The Bertz CT molecular complexity index is 402. The number of likely N-dealkylation sites (N-methyl/N-ethyl adjacent to an activating group) is 1. The Labute approximate surface area is 103 Å². The van der Waals surface area contributed by atoms with Crippen LogP contribution in [0.4, 0.5) is 5.69 Å². The summed E-state index contributed by atoms with van der Waals surface area (Å²) in [5.41, 5.74) is 4.31. The smallest absolute Gasteiger partial charge is 0.0373 e. The van der Waals surface area contributed by atoms with Gasteiger partial charge in [0.05, 0.1) is 0 Å². The van der Waals surface area contributed by atoms with Gasteiger partial charge in [-0.25, -0.2) is 0 Å². The molecule has 1 unspecified atom stereocenters. The molecule has 2 aliphatic rings. The number of anilines is 1. The molecular formula is C14H21N3. The highest BCUT2D eigenvalue weighted by Gasteiger charge is 2.19. The molecule has 1 atom stereocenters. The van der Waals surface area contributed by atoms with Crippen molar-refractivity contribution in [2.45, 2.75) is 18.9 Å². The summed E-state index contributed by atoms with van der Waals surface area (Å²) in [5.74, 6) is 0. The molecule has 1 saturated heterocycles. The van der Waals surface area contributed by atoms with Gasteiger partial charge in [0.1, 0.15) is 0 Å². The third-order valence-electron chi connectivity index (χ3n) is 4.00. The maximum atomic E-state index is 3.48. The Hall–Kier alpha value is -1.06. The maximum absolute atomic E-state index is 3.48. The van der Waals surface area contributed by atoms with Crippen molar-refractivity contribution < 1.29 is 0 Å². The van der Waals surface area contributed by atoms with E-state index in [-0.39, 0.29) is 0 Å². The van der Waals surface area contributed by atoms with Gasteiger partial charge in [0.2, 0.25) is 0 Å². The predicted molar refractivity (Wildman–Crippen MR) is 71.6 cm³/mol. The molecule has 3 heteroatoms. The average molecular weight is 231 g/mol. The largest absolute Gasteiger partial charge is 0.384 e. The second kappa shape index (κ2) is 4.67. The molecule has 2 heterocycles. The highest BCUT2D eigenvalue weighted by molar-refractivity contribution is 5.56. The molecule has 1 aromatic rings. The lowest BCUT2D eigenvalue weighted by atomic mass is 10.0. The van der Waals surface area contributed by atoms with Gasteiger partial charge in [-0.05, 0) is 37.1 Å². The number of hydrogen-bond acceptors (Lipinski definition) is 3. The quantitative estimate of drug-likeness (QED) is 0.798. The molecule has 0 amide bonds. The van der Waals surface area contributed by atoms with Crippen molar-refractivity contribution in [3.8, 4) is 0 Å². The third kappa shape index (κ3) is 2.31. The molecule has 3 rings (SSSR count). The summed E-state index contributed by atoms with van der Waals surface area (Å²) < 4.78 is 0. The molecule has 2 N–H and O–H groups in total. The van der Waals surface area contributed by atoms with Crippen molar-refractivity contribution >= 4 is 5.69 Å². The minimum atomic E-state index is 0.649. The van der Waals surface area contributed by atoms with Crippen molar-refractivity contribution in [3.05, 3.63) is 29.3 Å². The summed E-state index contributed by atoms with van der Waals surface area (Å²) in [5, 5.41) is 6.90. The van der Waals surface area contributed by atoms with Gasteiger partial charge in [0.25, 0.3) is 0 Å². The average Bonchev–Trinajstić information content (AvgIpc) is 2.79. The molecule has 0 aromatic heterocycles. The number of nitrogens with one attached hydrogen (secondary N) is 2. The Morgan fingerprint density at radius 3 is 3.18 bits per heavy atom. The van der Waals surface area contributed by atoms with Gasteiger partial charge < -0.3 is 15.5 Å². The van der Waals surface area contributed by atoms with Gasteiger partial charge in [-0.1, -0.05) is 12.1 Å². The molecule has 1 aromatic carbocycles. The van der Waals surface area contributed by atoms with Crippen LogP contribution in [-0.2, 0) is 12.8 Å². The van der Waals surface area contributed by atoms with Crippen molar-refractivity contribution in [3.63, 3.8) is 0 Å². The van der Waals surface area contributed by atoms with E-state index in [0.29, 0.717) is 6.04 Å². The van der Waals surface area contributed by atoms with E-state index in [4.69, 9.17) is 0 Å². The van der Waals surface area contributed by atoms with Gasteiger partial charge in [-0.2, -0.15) is 0 Å². The minimum Gasteiger partial charge on any atom is -0.384 e. The van der Waals surface area contributed by atoms with Crippen LogP contribution in [0.25, 0.3) is 0 Å². The summed E-state index contributed by atoms with van der Waals surface area (Å²) in [4.78, 5) is 2.47. The monoisotopic (exact) mass is 231 g/mol. The summed E-state index contributed by atoms with van der Waals surface area (Å²) in [6.45, 7) is 4.51. The third-order valence-corrected chi connectivity index (χ3v) is 4.00. The molecule has 17 heavy (non-hydrogen) atoms. The van der Waals surface area contributed by atoms with Crippen LogP contribution in [0.5, 0.6) is 0 Å². The van der Waals surface area contributed by atoms with Crippen molar-refractivity contribution in [2.24, 2.45) is 0 Å². The fourth-order valence-corrected chi connectivity index (χ4v) is 2.85. The van der Waals surface area contributed by atoms with E-state index in [2.05, 4.69) is 40.8 Å². The maximum Gasteiger partial charge on any atom is 0.0373 e. The lowest BCUT2D eigenvalue weighted by Crippen LogP contribution is -2.50. The van der Waals surface area contributed by atoms with E-state index in [1.807, 2.05) is 0 Å². The number of piperazine rings is 1. The molecule has 1 fully saturated rings. The number of rotatable bonds is 2. The topological polar surface area (TPSA) is 27.3 Å². The number of benzene rings is 1. The summed E-state index contributed by atoms with van der Waals surface area (Å²) >= 11 is 0. The Balaban J connectivity index is 1.72. The van der Waals surface area contributed by atoms with E-state index < -0.39 is 0 Å². The molecule has 0 spiro atoms. The van der Waals surface area contributed by atoms with Crippen LogP contribution in [0.1, 0.15) is 11.1 Å². The molecule has 2 aliphatic heterocycles. The second-order valence-electron chi connectivity index (χ2n) is 5.21. The van der Waals surface area contributed by atoms with Crippen molar-refractivity contribution in [1.82, 2.24) is 10.2 Å². The Morgan fingerprint density at radius 1 is 1.35 bits per heavy atom. The zero-order chi connectivity index (χ0) is 11.7. The lowest BCUT2D eigenvalue weighted by molar-refractivity contribution is 0.199. The number of hydrogen-bond donors (Lipinski definition) is 2. The predicted octanol–water partition coefficient (Wildman–Crippen LogP) is 1.10. The van der Waals surface area contributed by atoms with Gasteiger partial charge in [0.15, 0.2) is 0 Å². The molecule has 0 aliphatic carbocycles. The van der Waals surface area contributed by atoms with Crippen molar-refractivity contribution in [1.29, 1.82) is 0 Å². The highest BCUT2D eigenvalue weighted by atomic mass is 15.2. The first-order chi connectivity index (χ1) is 8.33. The normalized spacial score (nSPS) is 24.4. The lowest BCUT2D eigenvalue weighted by Gasteiger charge is -2.33. The van der Waals surface area contributed by atoms with E-state index in [9.17, 15) is 0 Å². The Morgan fingerprint density at radius 2 is 2.29 bits per heavy atom. The second-order valence-corrected chi connectivity index (χ2v) is 5.21. The van der Waals surface area contributed by atoms with Crippen LogP contribution in [0.3, 0.4) is 0 Å². The Kier molecular flexibility index (Phi) is 3.04. The zero-order valence-electron chi connectivity index (χ0n) is 10.5. The van der Waals surface area contributed by atoms with Gasteiger partial charge in [-0.3, -0.25) is 0 Å². The number of nitrogens with zero attached hydrogens (tertiary/aromatic N) is 1. The first kappa shape index (κ1) is 11.1. The molecule has 0 saturated carbocycles. The standard InChI is InChI=1S/C14H21N3/c1-17-7-6-15-10-13(17)9-11-2-3-14-12(8-11)4-5-16-14/h2-3,8,13,15-16H,4-7,9-10H2,1H3. The van der Waals surface area contributed by atoms with Gasteiger partial charge in [-0.15, -0.1) is 0 Å². The SMILES string of the molecule is CN1CCNCC1Cc1ccc2c(c1)CCN2. The van der Waals surface area contributed by atoms with Gasteiger partial charge in [0, 0.05) is 37.9 Å². The van der Waals surface area contributed by atoms with Gasteiger partial charge >= 0.3 is 0 Å². The summed E-state index contributed by atoms with van der Waals surface area (Å²) in [7, 11) is 2.24. The zero-order valence-corrected chi connectivity index (χ0v) is 10.5. The van der Waals surface area contributed by atoms with Crippen LogP contribution >= 0.6 is 0 Å². The molecule has 0 bridgehead atoms. The van der Waals surface area contributed by atoms with Crippen LogP contribution in [0, 0.1) is 0 Å². The molecular weight excluding hydrogens is 210 g/mol. The van der Waals surface area contributed by atoms with Crippen LogP contribution in [0.2, 0.25) is 0 Å². The first-order valence-electron chi connectivity index (χ1n) is 6.59. The first-order valence-corrected chi connectivity index (χ1v) is 6.59. The molecule has 92 valence electrons. The van der Waals surface area contributed by atoms with Crippen LogP contribution in [-0.4, -0.2) is 44.2 Å². The van der Waals surface area contributed by atoms with E-state index in [1.54, 1.807) is 0 Å².